The maximum atomic E-state index is 13.7. The fourth-order valence-corrected chi connectivity index (χ4v) is 3.48. The zero-order valence-electron chi connectivity index (χ0n) is 15.8. The Hall–Kier alpha value is -2.76. The van der Waals surface area contributed by atoms with Crippen molar-refractivity contribution >= 4 is 5.91 Å². The number of aryl methyl sites for hydroxylation is 1. The molecule has 1 heterocycles. The van der Waals surface area contributed by atoms with Crippen LogP contribution in [0.5, 0.6) is 17.2 Å². The Morgan fingerprint density at radius 1 is 1.22 bits per heavy atom. The number of hydrogen-bond acceptors (Lipinski definition) is 4. The van der Waals surface area contributed by atoms with Crippen LogP contribution in [0.15, 0.2) is 30.3 Å². The van der Waals surface area contributed by atoms with E-state index in [1.54, 1.807) is 24.0 Å². The Balaban J connectivity index is 1.71. The van der Waals surface area contributed by atoms with E-state index in [4.69, 9.17) is 9.47 Å². The summed E-state index contributed by atoms with van der Waals surface area (Å²) in [5.41, 5.74) is 1.99. The van der Waals surface area contributed by atoms with Gasteiger partial charge >= 0.3 is 0 Å². The number of ether oxygens (including phenoxy) is 2. The van der Waals surface area contributed by atoms with Crippen molar-refractivity contribution in [1.29, 1.82) is 0 Å². The molecule has 1 unspecified atom stereocenters. The molecule has 144 valence electrons. The minimum absolute atomic E-state index is 0.128. The van der Waals surface area contributed by atoms with Gasteiger partial charge < -0.3 is 19.5 Å². The molecule has 1 aliphatic rings. The molecule has 0 aliphatic carbocycles. The van der Waals surface area contributed by atoms with Crippen LogP contribution in [0.3, 0.4) is 0 Å². The fraction of sp³-hybridized carbons (Fsp3) is 0.381. The number of amides is 1. The third-order valence-electron chi connectivity index (χ3n) is 5.06. The summed E-state index contributed by atoms with van der Waals surface area (Å²) in [6, 6.07) is 8.34. The molecule has 2 aromatic rings. The minimum Gasteiger partial charge on any atom is -0.502 e. The molecule has 0 bridgehead atoms. The normalized spacial score (nSPS) is 16.4. The number of nitrogens with zero attached hydrogens (tertiary/aromatic N) is 1. The van der Waals surface area contributed by atoms with E-state index in [9.17, 15) is 14.3 Å². The van der Waals surface area contributed by atoms with E-state index in [-0.39, 0.29) is 34.9 Å². The van der Waals surface area contributed by atoms with Crippen molar-refractivity contribution in [3.05, 3.63) is 52.8 Å². The van der Waals surface area contributed by atoms with Gasteiger partial charge in [0.2, 0.25) is 5.75 Å². The third-order valence-corrected chi connectivity index (χ3v) is 5.06. The molecule has 6 heteroatoms. The van der Waals surface area contributed by atoms with E-state index in [1.807, 2.05) is 6.07 Å². The maximum absolute atomic E-state index is 13.7. The van der Waals surface area contributed by atoms with Gasteiger partial charge in [-0.25, -0.2) is 4.39 Å². The first-order valence-corrected chi connectivity index (χ1v) is 8.92. The van der Waals surface area contributed by atoms with Crippen LogP contribution in [0, 0.1) is 18.7 Å². The lowest BCUT2D eigenvalue weighted by Crippen LogP contribution is -2.29. The number of benzene rings is 2. The smallest absolute Gasteiger partial charge is 0.254 e. The van der Waals surface area contributed by atoms with Gasteiger partial charge in [0.1, 0.15) is 5.82 Å². The van der Waals surface area contributed by atoms with Crippen molar-refractivity contribution in [2.75, 3.05) is 27.3 Å². The first-order chi connectivity index (χ1) is 12.9. The van der Waals surface area contributed by atoms with E-state index in [0.29, 0.717) is 24.2 Å². The molecule has 3 rings (SSSR count). The van der Waals surface area contributed by atoms with E-state index in [0.717, 1.165) is 18.4 Å². The molecule has 1 amide bonds. The highest BCUT2D eigenvalue weighted by Gasteiger charge is 2.28. The Morgan fingerprint density at radius 3 is 2.48 bits per heavy atom. The van der Waals surface area contributed by atoms with Crippen LogP contribution in [-0.4, -0.2) is 43.2 Å². The number of halogens is 1. The summed E-state index contributed by atoms with van der Waals surface area (Å²) >= 11 is 0. The van der Waals surface area contributed by atoms with Gasteiger partial charge in [-0.05, 0) is 55.0 Å². The highest BCUT2D eigenvalue weighted by Crippen LogP contribution is 2.37. The average molecular weight is 373 g/mol. The SMILES string of the molecule is COc1cc(C(=O)N2CCC(Cc3ccc(C)c(F)c3)C2)cc(OC)c1O. The lowest BCUT2D eigenvalue weighted by Gasteiger charge is -2.18. The van der Waals surface area contributed by atoms with Crippen molar-refractivity contribution in [3.8, 4) is 17.2 Å². The average Bonchev–Trinajstić information content (AvgIpc) is 3.12. The molecular weight excluding hydrogens is 349 g/mol. The Kier molecular flexibility index (Phi) is 5.54. The Bertz CT molecular complexity index is 827. The molecule has 2 aromatic carbocycles. The predicted octanol–water partition coefficient (Wildman–Crippen LogP) is 3.56. The van der Waals surface area contributed by atoms with E-state index >= 15 is 0 Å². The lowest BCUT2D eigenvalue weighted by atomic mass is 9.98. The zero-order valence-corrected chi connectivity index (χ0v) is 15.8. The van der Waals surface area contributed by atoms with Crippen LogP contribution in [0.2, 0.25) is 0 Å². The zero-order chi connectivity index (χ0) is 19.6. The number of hydrogen-bond donors (Lipinski definition) is 1. The molecule has 1 N–H and O–H groups in total. The second-order valence-electron chi connectivity index (χ2n) is 6.92. The second kappa shape index (κ2) is 7.86. The van der Waals surface area contributed by atoms with Gasteiger partial charge in [0, 0.05) is 18.7 Å². The van der Waals surface area contributed by atoms with E-state index in [2.05, 4.69) is 0 Å². The van der Waals surface area contributed by atoms with Crippen molar-refractivity contribution in [3.63, 3.8) is 0 Å². The number of likely N-dealkylation sites (tertiary alicyclic amines) is 1. The molecular formula is C21H24FNO4. The molecule has 1 saturated heterocycles. The molecule has 1 atom stereocenters. The van der Waals surface area contributed by atoms with Crippen LogP contribution in [0.4, 0.5) is 4.39 Å². The molecule has 0 aromatic heterocycles. The fourth-order valence-electron chi connectivity index (χ4n) is 3.48. The van der Waals surface area contributed by atoms with Gasteiger partial charge in [0.15, 0.2) is 11.5 Å². The summed E-state index contributed by atoms with van der Waals surface area (Å²) in [4.78, 5) is 14.6. The highest BCUT2D eigenvalue weighted by atomic mass is 19.1. The summed E-state index contributed by atoms with van der Waals surface area (Å²) in [6.45, 7) is 3.00. The van der Waals surface area contributed by atoms with E-state index < -0.39 is 0 Å². The third kappa shape index (κ3) is 3.99. The minimum atomic E-state index is -0.193. The quantitative estimate of drug-likeness (QED) is 0.871. The number of carbonyl (C=O) groups is 1. The molecule has 1 fully saturated rings. The highest BCUT2D eigenvalue weighted by molar-refractivity contribution is 5.95. The van der Waals surface area contributed by atoms with Crippen molar-refractivity contribution in [1.82, 2.24) is 4.90 Å². The topological polar surface area (TPSA) is 59.0 Å². The Labute approximate surface area is 158 Å². The summed E-state index contributed by atoms with van der Waals surface area (Å²) in [5, 5.41) is 10.0. The molecule has 5 nitrogen and oxygen atoms in total. The summed E-state index contributed by atoms with van der Waals surface area (Å²) in [7, 11) is 2.85. The summed E-state index contributed by atoms with van der Waals surface area (Å²) < 4.78 is 24.0. The second-order valence-corrected chi connectivity index (χ2v) is 6.92. The number of rotatable bonds is 5. The van der Waals surface area contributed by atoms with Crippen molar-refractivity contribution in [2.24, 2.45) is 5.92 Å². The maximum Gasteiger partial charge on any atom is 0.254 e. The van der Waals surface area contributed by atoms with Gasteiger partial charge in [-0.15, -0.1) is 0 Å². The first-order valence-electron chi connectivity index (χ1n) is 8.92. The van der Waals surface area contributed by atoms with Gasteiger partial charge in [-0.1, -0.05) is 12.1 Å². The van der Waals surface area contributed by atoms with Crippen LogP contribution in [0.25, 0.3) is 0 Å². The lowest BCUT2D eigenvalue weighted by molar-refractivity contribution is 0.0786. The van der Waals surface area contributed by atoms with Gasteiger partial charge in [0.25, 0.3) is 5.91 Å². The largest absolute Gasteiger partial charge is 0.502 e. The van der Waals surface area contributed by atoms with Crippen LogP contribution < -0.4 is 9.47 Å². The van der Waals surface area contributed by atoms with E-state index in [1.165, 1.54) is 26.4 Å². The Morgan fingerprint density at radius 2 is 1.89 bits per heavy atom. The number of carbonyl (C=O) groups excluding carboxylic acids is 1. The summed E-state index contributed by atoms with van der Waals surface area (Å²) in [5.74, 6) is 0.229. The predicted molar refractivity (Wildman–Crippen MR) is 100 cm³/mol. The molecule has 1 aliphatic heterocycles. The molecule has 27 heavy (non-hydrogen) atoms. The number of methoxy groups -OCH3 is 2. The van der Waals surface area contributed by atoms with Crippen LogP contribution >= 0.6 is 0 Å². The standard InChI is InChI=1S/C21H24FNO4/c1-13-4-5-14(9-17(13)22)8-15-6-7-23(12-15)21(25)16-10-18(26-2)20(24)19(11-16)27-3/h4-5,9-11,15,24H,6-8,12H2,1-3H3. The van der Waals surface area contributed by atoms with Gasteiger partial charge in [-0.3, -0.25) is 4.79 Å². The number of aromatic hydroxyl groups is 1. The van der Waals surface area contributed by atoms with Crippen molar-refractivity contribution < 1.29 is 23.8 Å². The summed E-state index contributed by atoms with van der Waals surface area (Å²) in [6.07, 6.45) is 1.61. The van der Waals surface area contributed by atoms with Gasteiger partial charge in [0.05, 0.1) is 14.2 Å². The number of phenols is 1. The molecule has 0 saturated carbocycles. The van der Waals surface area contributed by atoms with Crippen molar-refractivity contribution in [2.45, 2.75) is 19.8 Å². The monoisotopic (exact) mass is 373 g/mol. The first kappa shape index (κ1) is 19.0. The molecule has 0 spiro atoms. The molecule has 0 radical (unpaired) electrons. The van der Waals surface area contributed by atoms with Gasteiger partial charge in [-0.2, -0.15) is 0 Å². The van der Waals surface area contributed by atoms with Crippen LogP contribution in [0.1, 0.15) is 27.9 Å². The number of phenolic OH excluding ortho intramolecular Hbond substituents is 1. The van der Waals surface area contributed by atoms with Crippen LogP contribution in [-0.2, 0) is 6.42 Å².